The molecule has 7 nitrogen and oxygen atoms in total. The molecule has 29 heavy (non-hydrogen) atoms. The molecule has 154 valence electrons. The smallest absolute Gasteiger partial charge is 0.295 e. The number of methoxy groups -OCH3 is 1. The van der Waals surface area contributed by atoms with Gasteiger partial charge in [-0.1, -0.05) is 17.9 Å². The molecule has 1 amide bonds. The molecule has 1 aromatic heterocycles. The van der Waals surface area contributed by atoms with Crippen molar-refractivity contribution in [2.75, 3.05) is 33.3 Å². The summed E-state index contributed by atoms with van der Waals surface area (Å²) in [6.07, 6.45) is 1.48. The van der Waals surface area contributed by atoms with Crippen LogP contribution in [0, 0.1) is 0 Å². The van der Waals surface area contributed by atoms with Crippen molar-refractivity contribution in [3.8, 4) is 5.75 Å². The fraction of sp³-hybridized carbons (Fsp3) is 0.364. The molecular formula is C22H26N2O5. The first kappa shape index (κ1) is 20.7. The molecule has 0 spiro atoms. The van der Waals surface area contributed by atoms with Crippen LogP contribution in [-0.2, 0) is 9.59 Å². The average molecular weight is 398 g/mol. The Kier molecular flexibility index (Phi) is 6.39. The van der Waals surface area contributed by atoms with Gasteiger partial charge in [-0.2, -0.15) is 0 Å². The molecule has 7 heteroatoms. The number of Topliss-reactive ketones (excluding diaryl/α,β-unsaturated/α-hetero) is 1. The van der Waals surface area contributed by atoms with Crippen molar-refractivity contribution >= 4 is 17.4 Å². The maximum atomic E-state index is 13.2. The standard InChI is InChI=1S/C22H26N2O5/c1-4-23(5-2)12-13-24-19(17-7-6-14-29-17)18(21(26)22(24)27)20(25)15-8-10-16(28-3)11-9-15/h6-11,14,19,25H,4-5,12-13H2,1-3H3. The molecule has 1 aliphatic rings. The number of carbonyl (C=O) groups is 2. The maximum absolute atomic E-state index is 13.2. The number of hydrogen-bond donors (Lipinski definition) is 1. The number of benzene rings is 1. The highest BCUT2D eigenvalue weighted by molar-refractivity contribution is 6.46. The van der Waals surface area contributed by atoms with Crippen LogP contribution in [0.15, 0.2) is 52.7 Å². The Morgan fingerprint density at radius 2 is 1.86 bits per heavy atom. The molecule has 1 atom stereocenters. The second-order valence-electron chi connectivity index (χ2n) is 6.92. The van der Waals surface area contributed by atoms with Crippen molar-refractivity contribution in [3.05, 3.63) is 59.6 Å². The highest BCUT2D eigenvalue weighted by Crippen LogP contribution is 2.38. The number of nitrogens with one attached hydrogen (secondary N) is 1. The van der Waals surface area contributed by atoms with Crippen molar-refractivity contribution in [2.24, 2.45) is 0 Å². The fourth-order valence-corrected chi connectivity index (χ4v) is 3.62. The quantitative estimate of drug-likeness (QED) is 0.396. The first-order valence-electron chi connectivity index (χ1n) is 9.79. The highest BCUT2D eigenvalue weighted by Gasteiger charge is 2.45. The fourth-order valence-electron chi connectivity index (χ4n) is 3.62. The summed E-state index contributed by atoms with van der Waals surface area (Å²) in [6, 6.07) is 9.05. The van der Waals surface area contributed by atoms with E-state index in [2.05, 4.69) is 13.8 Å². The van der Waals surface area contributed by atoms with Gasteiger partial charge in [0.25, 0.3) is 5.91 Å². The molecule has 0 bridgehead atoms. The van der Waals surface area contributed by atoms with Gasteiger partial charge in [-0.05, 0) is 43.7 Å². The predicted octanol–water partition coefficient (Wildman–Crippen LogP) is 0.437. The molecule has 2 aromatic rings. The van der Waals surface area contributed by atoms with Gasteiger partial charge in [-0.25, -0.2) is 0 Å². The summed E-state index contributed by atoms with van der Waals surface area (Å²) in [5.74, 6) is -0.871. The van der Waals surface area contributed by atoms with Crippen LogP contribution in [0.3, 0.4) is 0 Å². The number of quaternary nitrogens is 1. The lowest BCUT2D eigenvalue weighted by Crippen LogP contribution is -3.12. The van der Waals surface area contributed by atoms with Crippen molar-refractivity contribution in [2.45, 2.75) is 19.9 Å². The van der Waals surface area contributed by atoms with E-state index in [0.29, 0.717) is 30.2 Å². The van der Waals surface area contributed by atoms with Crippen LogP contribution in [0.2, 0.25) is 0 Å². The zero-order chi connectivity index (χ0) is 21.0. The number of ketones is 1. The van der Waals surface area contributed by atoms with Gasteiger partial charge in [0.1, 0.15) is 17.6 Å². The Balaban J connectivity index is 2.02. The monoisotopic (exact) mass is 398 g/mol. The second-order valence-corrected chi connectivity index (χ2v) is 6.92. The predicted molar refractivity (Wildman–Crippen MR) is 105 cm³/mol. The van der Waals surface area contributed by atoms with E-state index in [1.807, 2.05) is 0 Å². The lowest BCUT2D eigenvalue weighted by molar-refractivity contribution is -0.895. The first-order valence-corrected chi connectivity index (χ1v) is 9.79. The average Bonchev–Trinajstić information content (AvgIpc) is 3.36. The molecule has 2 heterocycles. The van der Waals surface area contributed by atoms with Gasteiger partial charge in [-0.3, -0.25) is 9.59 Å². The zero-order valence-electron chi connectivity index (χ0n) is 16.9. The van der Waals surface area contributed by atoms with Gasteiger partial charge < -0.3 is 24.1 Å². The minimum atomic E-state index is -0.811. The van der Waals surface area contributed by atoms with Gasteiger partial charge in [-0.15, -0.1) is 0 Å². The molecule has 0 saturated carbocycles. The minimum Gasteiger partial charge on any atom is -0.872 e. The van der Waals surface area contributed by atoms with E-state index in [-0.39, 0.29) is 5.57 Å². The number of hydrogen-bond acceptors (Lipinski definition) is 5. The number of nitrogens with zero attached hydrogens (tertiary/aromatic N) is 1. The van der Waals surface area contributed by atoms with Gasteiger partial charge in [0, 0.05) is 5.57 Å². The van der Waals surface area contributed by atoms with Crippen molar-refractivity contribution < 1.29 is 28.7 Å². The number of rotatable bonds is 8. The third-order valence-corrected chi connectivity index (χ3v) is 5.40. The molecule has 1 unspecified atom stereocenters. The van der Waals surface area contributed by atoms with Crippen LogP contribution in [-0.4, -0.2) is 49.9 Å². The molecule has 0 radical (unpaired) electrons. The number of amides is 1. The third kappa shape index (κ3) is 4.05. The van der Waals surface area contributed by atoms with Crippen LogP contribution in [0.5, 0.6) is 5.75 Å². The van der Waals surface area contributed by atoms with Crippen LogP contribution < -0.4 is 14.7 Å². The molecule has 3 rings (SSSR count). The number of carbonyl (C=O) groups excluding carboxylic acids is 2. The molecule has 1 aliphatic heterocycles. The minimum absolute atomic E-state index is 0.0651. The zero-order valence-corrected chi connectivity index (χ0v) is 16.9. The first-order chi connectivity index (χ1) is 14.0. The second kappa shape index (κ2) is 8.96. The molecule has 1 aromatic carbocycles. The lowest BCUT2D eigenvalue weighted by atomic mass is 9.99. The number of likely N-dealkylation sites (N-methyl/N-ethyl adjacent to an activating group) is 1. The third-order valence-electron chi connectivity index (χ3n) is 5.40. The molecular weight excluding hydrogens is 372 g/mol. The van der Waals surface area contributed by atoms with Crippen LogP contribution in [0.25, 0.3) is 5.76 Å². The van der Waals surface area contributed by atoms with Gasteiger partial charge in [0.2, 0.25) is 5.78 Å². The van der Waals surface area contributed by atoms with Gasteiger partial charge in [0.05, 0.1) is 39.6 Å². The number of furan rings is 1. The van der Waals surface area contributed by atoms with E-state index in [9.17, 15) is 14.7 Å². The van der Waals surface area contributed by atoms with Gasteiger partial charge >= 0.3 is 0 Å². The van der Waals surface area contributed by atoms with Crippen LogP contribution in [0.4, 0.5) is 0 Å². The number of likely N-dealkylation sites (tertiary alicyclic amines) is 1. The Morgan fingerprint density at radius 1 is 1.17 bits per heavy atom. The van der Waals surface area contributed by atoms with E-state index in [0.717, 1.165) is 13.1 Å². The normalized spacial score (nSPS) is 18.6. The van der Waals surface area contributed by atoms with Crippen LogP contribution >= 0.6 is 0 Å². The molecule has 1 saturated heterocycles. The van der Waals surface area contributed by atoms with Crippen molar-refractivity contribution in [1.82, 2.24) is 4.90 Å². The van der Waals surface area contributed by atoms with E-state index in [1.165, 1.54) is 23.2 Å². The summed E-state index contributed by atoms with van der Waals surface area (Å²) in [6.45, 7) is 7.03. The summed E-state index contributed by atoms with van der Waals surface area (Å²) in [4.78, 5) is 28.4. The maximum Gasteiger partial charge on any atom is 0.295 e. The largest absolute Gasteiger partial charge is 0.872 e. The van der Waals surface area contributed by atoms with Gasteiger partial charge in [0.15, 0.2) is 0 Å². The highest BCUT2D eigenvalue weighted by atomic mass is 16.5. The van der Waals surface area contributed by atoms with Crippen molar-refractivity contribution in [3.63, 3.8) is 0 Å². The Morgan fingerprint density at radius 3 is 2.41 bits per heavy atom. The van der Waals surface area contributed by atoms with Crippen molar-refractivity contribution in [1.29, 1.82) is 0 Å². The van der Waals surface area contributed by atoms with E-state index in [1.54, 1.807) is 36.4 Å². The number of ether oxygens (including phenoxy) is 1. The summed E-state index contributed by atoms with van der Waals surface area (Å²) in [5.41, 5.74) is 0.263. The lowest BCUT2D eigenvalue weighted by Gasteiger charge is -2.27. The molecule has 0 aliphatic carbocycles. The summed E-state index contributed by atoms with van der Waals surface area (Å²) < 4.78 is 10.6. The van der Waals surface area contributed by atoms with E-state index in [4.69, 9.17) is 9.15 Å². The molecule has 1 fully saturated rings. The summed E-state index contributed by atoms with van der Waals surface area (Å²) >= 11 is 0. The topological polar surface area (TPSA) is 87.2 Å². The summed E-state index contributed by atoms with van der Waals surface area (Å²) in [5, 5.41) is 13.2. The van der Waals surface area contributed by atoms with E-state index < -0.39 is 23.5 Å². The Labute approximate surface area is 170 Å². The Hall–Kier alpha value is -3.06. The SMILES string of the molecule is CC[NH+](CC)CCN1C(=O)C(=O)C(=C([O-])c2ccc(OC)cc2)C1c1ccco1. The Bertz CT molecular complexity index is 882. The summed E-state index contributed by atoms with van der Waals surface area (Å²) in [7, 11) is 1.54. The molecule has 1 N–H and O–H groups in total. The van der Waals surface area contributed by atoms with Crippen LogP contribution in [0.1, 0.15) is 31.2 Å². The van der Waals surface area contributed by atoms with E-state index >= 15 is 0 Å².